The van der Waals surface area contributed by atoms with Crippen LogP contribution in [0.2, 0.25) is 0 Å². The minimum atomic E-state index is -3.93. The van der Waals surface area contributed by atoms with Crippen LogP contribution in [0.5, 0.6) is 0 Å². The summed E-state index contributed by atoms with van der Waals surface area (Å²) in [6, 6.07) is 17.0. The van der Waals surface area contributed by atoms with Crippen LogP contribution in [0.3, 0.4) is 0 Å². The second-order valence-electron chi connectivity index (χ2n) is 4.62. The van der Waals surface area contributed by atoms with Crippen LogP contribution < -0.4 is 5.56 Å². The first kappa shape index (κ1) is 14.2. The molecule has 110 valence electrons. The monoisotopic (exact) mass is 312 g/mol. The third-order valence-corrected chi connectivity index (χ3v) is 5.08. The topological polar surface area (TPSA) is 79.9 Å². The van der Waals surface area contributed by atoms with Gasteiger partial charge in [-0.1, -0.05) is 48.5 Å². The van der Waals surface area contributed by atoms with Crippen LogP contribution >= 0.6 is 0 Å². The largest absolute Gasteiger partial charge is 0.283 e. The first-order valence-electron chi connectivity index (χ1n) is 6.54. The van der Waals surface area contributed by atoms with Gasteiger partial charge in [0.25, 0.3) is 5.56 Å². The van der Waals surface area contributed by atoms with Gasteiger partial charge in [-0.25, -0.2) is 13.5 Å². The zero-order valence-corrected chi connectivity index (χ0v) is 12.2. The maximum atomic E-state index is 12.8. The number of aromatic amines is 1. The predicted octanol–water partition coefficient (Wildman–Crippen LogP) is 2.27. The number of H-pyrrole nitrogens is 1. The quantitative estimate of drug-likeness (QED) is 0.804. The van der Waals surface area contributed by atoms with Gasteiger partial charge in [0.15, 0.2) is 0 Å². The lowest BCUT2D eigenvalue weighted by molar-refractivity contribution is 0.594. The van der Waals surface area contributed by atoms with Crippen LogP contribution in [0.15, 0.2) is 81.4 Å². The van der Waals surface area contributed by atoms with Gasteiger partial charge < -0.3 is 0 Å². The number of nitrogens with one attached hydrogen (secondary N) is 1. The number of nitrogens with zero attached hydrogens (tertiary/aromatic N) is 1. The second-order valence-corrected chi connectivity index (χ2v) is 6.50. The average molecular weight is 312 g/mol. The molecule has 0 fully saturated rings. The van der Waals surface area contributed by atoms with Crippen molar-refractivity contribution in [2.75, 3.05) is 0 Å². The summed E-state index contributed by atoms with van der Waals surface area (Å²) >= 11 is 0. The summed E-state index contributed by atoms with van der Waals surface area (Å²) in [6.07, 6.45) is 1.25. The fraction of sp³-hybridized carbons (Fsp3) is 0. The van der Waals surface area contributed by atoms with Crippen molar-refractivity contribution in [3.8, 4) is 11.1 Å². The molecule has 0 amide bonds. The van der Waals surface area contributed by atoms with E-state index in [9.17, 15) is 13.2 Å². The molecule has 1 heterocycles. The third-order valence-electron chi connectivity index (χ3n) is 3.24. The number of hydrogen-bond donors (Lipinski definition) is 1. The van der Waals surface area contributed by atoms with Crippen LogP contribution in [0.25, 0.3) is 11.1 Å². The summed E-state index contributed by atoms with van der Waals surface area (Å²) in [5, 5.41) is 5.68. The Bertz CT molecular complexity index is 964. The van der Waals surface area contributed by atoms with Gasteiger partial charge in [0.2, 0.25) is 9.84 Å². The van der Waals surface area contributed by atoms with Crippen molar-refractivity contribution in [1.82, 2.24) is 10.2 Å². The highest BCUT2D eigenvalue weighted by Gasteiger charge is 2.24. The Morgan fingerprint density at radius 3 is 2.23 bits per heavy atom. The fourth-order valence-electron chi connectivity index (χ4n) is 2.22. The lowest BCUT2D eigenvalue weighted by Gasteiger charge is -2.10. The minimum absolute atomic E-state index is 0.0953. The molecule has 0 aliphatic carbocycles. The zero-order valence-electron chi connectivity index (χ0n) is 11.4. The van der Waals surface area contributed by atoms with Crippen molar-refractivity contribution in [1.29, 1.82) is 0 Å². The Kier molecular flexibility index (Phi) is 3.60. The lowest BCUT2D eigenvalue weighted by atomic mass is 10.1. The molecule has 3 rings (SSSR count). The highest BCUT2D eigenvalue weighted by Crippen LogP contribution is 2.29. The van der Waals surface area contributed by atoms with Crippen molar-refractivity contribution >= 4 is 9.84 Å². The van der Waals surface area contributed by atoms with Gasteiger partial charge >= 0.3 is 0 Å². The molecule has 1 N–H and O–H groups in total. The van der Waals surface area contributed by atoms with E-state index >= 15 is 0 Å². The predicted molar refractivity (Wildman–Crippen MR) is 82.2 cm³/mol. The Morgan fingerprint density at radius 1 is 0.818 bits per heavy atom. The van der Waals surface area contributed by atoms with E-state index in [0.29, 0.717) is 5.56 Å². The molecule has 0 radical (unpaired) electrons. The summed E-state index contributed by atoms with van der Waals surface area (Å²) in [5.41, 5.74) is 0.594. The molecule has 0 saturated carbocycles. The first-order valence-corrected chi connectivity index (χ1v) is 8.02. The lowest BCUT2D eigenvalue weighted by Crippen LogP contribution is -2.18. The fourth-order valence-corrected chi connectivity index (χ4v) is 3.72. The van der Waals surface area contributed by atoms with Gasteiger partial charge in [-0.15, -0.1) is 0 Å². The normalized spacial score (nSPS) is 11.3. The van der Waals surface area contributed by atoms with Gasteiger partial charge in [-0.05, 0) is 17.7 Å². The summed E-state index contributed by atoms with van der Waals surface area (Å²) in [5.74, 6) is 0. The van der Waals surface area contributed by atoms with Crippen molar-refractivity contribution in [3.63, 3.8) is 0 Å². The van der Waals surface area contributed by atoms with Crippen LogP contribution in [-0.2, 0) is 9.84 Å². The van der Waals surface area contributed by atoms with Gasteiger partial charge in [0, 0.05) is 11.8 Å². The summed E-state index contributed by atoms with van der Waals surface area (Å²) < 4.78 is 25.6. The first-order chi connectivity index (χ1) is 10.6. The van der Waals surface area contributed by atoms with Crippen LogP contribution in [0, 0.1) is 0 Å². The molecule has 6 heteroatoms. The van der Waals surface area contributed by atoms with Gasteiger partial charge in [0.05, 0.1) is 4.90 Å². The minimum Gasteiger partial charge on any atom is -0.267 e. The molecule has 1 aromatic heterocycles. The maximum absolute atomic E-state index is 12.8. The van der Waals surface area contributed by atoms with E-state index in [-0.39, 0.29) is 9.79 Å². The number of sulfone groups is 1. The van der Waals surface area contributed by atoms with E-state index in [2.05, 4.69) is 10.2 Å². The van der Waals surface area contributed by atoms with E-state index in [1.807, 2.05) is 30.3 Å². The molecular weight excluding hydrogens is 300 g/mol. The van der Waals surface area contributed by atoms with Crippen molar-refractivity contribution in [2.45, 2.75) is 9.79 Å². The Labute approximate surface area is 127 Å². The molecular formula is C16H12N2O3S. The summed E-state index contributed by atoms with van der Waals surface area (Å²) in [4.78, 5) is 11.6. The van der Waals surface area contributed by atoms with Gasteiger partial charge in [-0.3, -0.25) is 4.79 Å². The highest BCUT2D eigenvalue weighted by atomic mass is 32.2. The molecule has 0 saturated heterocycles. The third kappa shape index (κ3) is 2.44. The van der Waals surface area contributed by atoms with Crippen molar-refractivity contribution < 1.29 is 8.42 Å². The molecule has 0 bridgehead atoms. The van der Waals surface area contributed by atoms with Crippen LogP contribution in [0.1, 0.15) is 0 Å². The number of aromatic nitrogens is 2. The summed E-state index contributed by atoms with van der Waals surface area (Å²) in [7, 11) is -3.93. The Balaban J connectivity index is 2.26. The molecule has 0 aliphatic rings. The molecule has 0 unspecified atom stereocenters. The van der Waals surface area contributed by atoms with Crippen molar-refractivity contribution in [3.05, 3.63) is 77.2 Å². The molecule has 2 aromatic carbocycles. The number of hydrogen-bond acceptors (Lipinski definition) is 4. The second kappa shape index (κ2) is 5.57. The maximum Gasteiger partial charge on any atom is 0.283 e. The number of rotatable bonds is 3. The SMILES string of the molecule is O=c1[nH]nccc1S(=O)(=O)c1ccccc1-c1ccccc1. The molecule has 5 nitrogen and oxygen atoms in total. The average Bonchev–Trinajstić information content (AvgIpc) is 2.56. The Morgan fingerprint density at radius 2 is 1.50 bits per heavy atom. The van der Waals surface area contributed by atoms with Crippen LogP contribution in [-0.4, -0.2) is 18.6 Å². The summed E-state index contributed by atoms with van der Waals surface area (Å²) in [6.45, 7) is 0. The standard InChI is InChI=1S/C16H12N2O3S/c19-16-15(10-11-17-18-16)22(20,21)14-9-5-4-8-13(14)12-6-2-1-3-7-12/h1-11H,(H,18,19). The highest BCUT2D eigenvalue weighted by molar-refractivity contribution is 7.91. The van der Waals surface area contributed by atoms with Gasteiger partial charge in [-0.2, -0.15) is 5.10 Å². The zero-order chi connectivity index (χ0) is 15.6. The number of benzene rings is 2. The smallest absolute Gasteiger partial charge is 0.267 e. The van der Waals surface area contributed by atoms with Crippen molar-refractivity contribution in [2.24, 2.45) is 0 Å². The van der Waals surface area contributed by atoms with Crippen LogP contribution in [0.4, 0.5) is 0 Å². The molecule has 3 aromatic rings. The van der Waals surface area contributed by atoms with E-state index in [1.54, 1.807) is 18.2 Å². The van der Waals surface area contributed by atoms with E-state index in [0.717, 1.165) is 5.56 Å². The molecule has 22 heavy (non-hydrogen) atoms. The van der Waals surface area contributed by atoms with Gasteiger partial charge in [0.1, 0.15) is 4.90 Å². The van der Waals surface area contributed by atoms with E-state index in [4.69, 9.17) is 0 Å². The van der Waals surface area contributed by atoms with E-state index < -0.39 is 15.4 Å². The molecule has 0 atom stereocenters. The van der Waals surface area contributed by atoms with E-state index in [1.165, 1.54) is 18.3 Å². The molecule has 0 spiro atoms. The Hall–Kier alpha value is -2.73. The molecule has 0 aliphatic heterocycles.